The number of hydrogen-bond donors (Lipinski definition) is 2. The SMILES string of the molecule is COc1cc(Br)cc2c1NCC1CN(C(=O)O)CC21. The summed E-state index contributed by atoms with van der Waals surface area (Å²) in [6.45, 7) is 1.95. The van der Waals surface area contributed by atoms with Crippen LogP contribution in [-0.2, 0) is 0 Å². The Hall–Kier alpha value is -1.43. The average Bonchev–Trinajstić information content (AvgIpc) is 2.82. The van der Waals surface area contributed by atoms with Crippen LogP contribution in [0.4, 0.5) is 10.5 Å². The first-order valence-electron chi connectivity index (χ1n) is 6.19. The second-order valence-electron chi connectivity index (χ2n) is 5.01. The third-order valence-corrected chi connectivity index (χ3v) is 4.43. The molecule has 0 spiro atoms. The molecule has 1 fully saturated rings. The van der Waals surface area contributed by atoms with Crippen LogP contribution in [0.2, 0.25) is 0 Å². The summed E-state index contributed by atoms with van der Waals surface area (Å²) in [4.78, 5) is 12.6. The molecule has 102 valence electrons. The van der Waals surface area contributed by atoms with E-state index in [4.69, 9.17) is 9.84 Å². The summed E-state index contributed by atoms with van der Waals surface area (Å²) in [5, 5.41) is 12.5. The van der Waals surface area contributed by atoms with Crippen molar-refractivity contribution < 1.29 is 14.6 Å². The Balaban J connectivity index is 2.01. The lowest BCUT2D eigenvalue weighted by Gasteiger charge is -2.29. The Morgan fingerprint density at radius 2 is 2.32 bits per heavy atom. The molecule has 2 aliphatic heterocycles. The van der Waals surface area contributed by atoms with Crippen LogP contribution >= 0.6 is 15.9 Å². The highest BCUT2D eigenvalue weighted by atomic mass is 79.9. The second-order valence-corrected chi connectivity index (χ2v) is 5.92. The van der Waals surface area contributed by atoms with Gasteiger partial charge >= 0.3 is 6.09 Å². The summed E-state index contributed by atoms with van der Waals surface area (Å²) in [5.74, 6) is 1.39. The molecule has 6 heteroatoms. The van der Waals surface area contributed by atoms with Gasteiger partial charge in [0.1, 0.15) is 5.75 Å². The average molecular weight is 327 g/mol. The number of anilines is 1. The van der Waals surface area contributed by atoms with Crippen molar-refractivity contribution in [3.63, 3.8) is 0 Å². The highest BCUT2D eigenvalue weighted by Crippen LogP contribution is 2.45. The highest BCUT2D eigenvalue weighted by Gasteiger charge is 2.40. The van der Waals surface area contributed by atoms with Crippen LogP contribution in [0.25, 0.3) is 0 Å². The number of rotatable bonds is 1. The molecule has 2 N–H and O–H groups in total. The van der Waals surface area contributed by atoms with Gasteiger partial charge in [-0.25, -0.2) is 4.79 Å². The third kappa shape index (κ3) is 2.04. The molecule has 1 amide bonds. The van der Waals surface area contributed by atoms with E-state index >= 15 is 0 Å². The van der Waals surface area contributed by atoms with Crippen LogP contribution in [0.3, 0.4) is 0 Å². The Morgan fingerprint density at radius 1 is 1.53 bits per heavy atom. The van der Waals surface area contributed by atoms with Crippen molar-refractivity contribution in [3.8, 4) is 5.75 Å². The molecule has 0 aromatic heterocycles. The Morgan fingerprint density at radius 3 is 3.00 bits per heavy atom. The lowest BCUT2D eigenvalue weighted by Crippen LogP contribution is -2.28. The lowest BCUT2D eigenvalue weighted by atomic mass is 9.84. The number of carboxylic acid groups (broad SMARTS) is 1. The zero-order valence-electron chi connectivity index (χ0n) is 10.5. The number of carbonyl (C=O) groups is 1. The molecule has 19 heavy (non-hydrogen) atoms. The molecule has 0 radical (unpaired) electrons. The largest absolute Gasteiger partial charge is 0.495 e. The first-order chi connectivity index (χ1) is 9.10. The predicted molar refractivity (Wildman–Crippen MR) is 75.0 cm³/mol. The van der Waals surface area contributed by atoms with Crippen molar-refractivity contribution in [2.75, 3.05) is 32.1 Å². The minimum Gasteiger partial charge on any atom is -0.495 e. The van der Waals surface area contributed by atoms with E-state index < -0.39 is 6.09 Å². The Bertz CT molecular complexity index is 535. The van der Waals surface area contributed by atoms with E-state index in [-0.39, 0.29) is 5.92 Å². The molecule has 1 aromatic rings. The maximum absolute atomic E-state index is 11.1. The summed E-state index contributed by atoms with van der Waals surface area (Å²) in [7, 11) is 1.65. The van der Waals surface area contributed by atoms with Crippen molar-refractivity contribution in [2.24, 2.45) is 5.92 Å². The van der Waals surface area contributed by atoms with E-state index in [1.165, 1.54) is 4.90 Å². The summed E-state index contributed by atoms with van der Waals surface area (Å²) in [6, 6.07) is 3.99. The topological polar surface area (TPSA) is 61.8 Å². The first-order valence-corrected chi connectivity index (χ1v) is 6.98. The van der Waals surface area contributed by atoms with Crippen molar-refractivity contribution in [3.05, 3.63) is 22.2 Å². The maximum atomic E-state index is 11.1. The van der Waals surface area contributed by atoms with E-state index in [1.807, 2.05) is 6.07 Å². The summed E-state index contributed by atoms with van der Waals surface area (Å²) in [5.41, 5.74) is 2.14. The molecule has 2 aliphatic rings. The van der Waals surface area contributed by atoms with Gasteiger partial charge in [0.2, 0.25) is 0 Å². The molecular weight excluding hydrogens is 312 g/mol. The minimum atomic E-state index is -0.835. The standard InChI is InChI=1S/C13H15BrN2O3/c1-19-11-3-8(14)2-9-10-6-16(13(17)18)5-7(10)4-15-12(9)11/h2-3,7,10,15H,4-6H2,1H3,(H,17,18). The van der Waals surface area contributed by atoms with Crippen LogP contribution in [0.15, 0.2) is 16.6 Å². The number of ether oxygens (including phenoxy) is 1. The normalized spacial score (nSPS) is 24.4. The van der Waals surface area contributed by atoms with Crippen molar-refractivity contribution in [1.82, 2.24) is 4.90 Å². The molecule has 1 saturated heterocycles. The van der Waals surface area contributed by atoms with Crippen molar-refractivity contribution in [2.45, 2.75) is 5.92 Å². The molecule has 0 bridgehead atoms. The molecule has 3 rings (SSSR count). The van der Waals surface area contributed by atoms with E-state index in [1.54, 1.807) is 7.11 Å². The van der Waals surface area contributed by atoms with Gasteiger partial charge in [-0.15, -0.1) is 0 Å². The number of methoxy groups -OCH3 is 1. The number of amides is 1. The van der Waals surface area contributed by atoms with Crippen molar-refractivity contribution >= 4 is 27.7 Å². The van der Waals surface area contributed by atoms with Gasteiger partial charge in [-0.1, -0.05) is 15.9 Å². The van der Waals surface area contributed by atoms with Gasteiger partial charge in [-0.2, -0.15) is 0 Å². The van der Waals surface area contributed by atoms with Gasteiger partial charge in [-0.3, -0.25) is 0 Å². The van der Waals surface area contributed by atoms with Crippen LogP contribution in [0, 0.1) is 5.92 Å². The number of likely N-dealkylation sites (tertiary alicyclic amines) is 1. The lowest BCUT2D eigenvalue weighted by molar-refractivity contribution is 0.154. The maximum Gasteiger partial charge on any atom is 0.407 e. The van der Waals surface area contributed by atoms with Gasteiger partial charge in [0, 0.05) is 35.9 Å². The highest BCUT2D eigenvalue weighted by molar-refractivity contribution is 9.10. The molecule has 2 unspecified atom stereocenters. The molecule has 2 heterocycles. The third-order valence-electron chi connectivity index (χ3n) is 3.97. The van der Waals surface area contributed by atoms with Gasteiger partial charge in [0.05, 0.1) is 12.8 Å². The minimum absolute atomic E-state index is 0.249. The fourth-order valence-electron chi connectivity index (χ4n) is 3.06. The molecule has 2 atom stereocenters. The monoisotopic (exact) mass is 326 g/mol. The molecule has 0 saturated carbocycles. The predicted octanol–water partition coefficient (Wildman–Crippen LogP) is 2.58. The zero-order valence-corrected chi connectivity index (χ0v) is 12.1. The smallest absolute Gasteiger partial charge is 0.407 e. The van der Waals surface area contributed by atoms with Gasteiger partial charge in [0.15, 0.2) is 0 Å². The number of fused-ring (bicyclic) bond motifs is 3. The van der Waals surface area contributed by atoms with E-state index in [2.05, 4.69) is 27.3 Å². The van der Waals surface area contributed by atoms with E-state index in [0.717, 1.165) is 28.0 Å². The number of nitrogens with zero attached hydrogens (tertiary/aromatic N) is 1. The molecular formula is C13H15BrN2O3. The fourth-order valence-corrected chi connectivity index (χ4v) is 3.52. The van der Waals surface area contributed by atoms with Crippen LogP contribution < -0.4 is 10.1 Å². The summed E-state index contributed by atoms with van der Waals surface area (Å²) >= 11 is 3.49. The summed E-state index contributed by atoms with van der Waals surface area (Å²) in [6.07, 6.45) is -0.835. The van der Waals surface area contributed by atoms with Crippen molar-refractivity contribution in [1.29, 1.82) is 0 Å². The van der Waals surface area contributed by atoms with E-state index in [0.29, 0.717) is 19.0 Å². The van der Waals surface area contributed by atoms with Crippen LogP contribution in [0.5, 0.6) is 5.75 Å². The Kier molecular flexibility index (Phi) is 3.05. The summed E-state index contributed by atoms with van der Waals surface area (Å²) < 4.78 is 6.35. The van der Waals surface area contributed by atoms with Crippen LogP contribution in [0.1, 0.15) is 11.5 Å². The number of nitrogens with one attached hydrogen (secondary N) is 1. The van der Waals surface area contributed by atoms with Gasteiger partial charge in [0.25, 0.3) is 0 Å². The first kappa shape index (κ1) is 12.6. The second kappa shape index (κ2) is 4.59. The fraction of sp³-hybridized carbons (Fsp3) is 0.462. The molecule has 1 aromatic carbocycles. The van der Waals surface area contributed by atoms with Gasteiger partial charge in [-0.05, 0) is 17.7 Å². The number of benzene rings is 1. The van der Waals surface area contributed by atoms with Crippen LogP contribution in [-0.4, -0.2) is 42.8 Å². The molecule has 0 aliphatic carbocycles. The molecule has 5 nitrogen and oxygen atoms in total. The zero-order chi connectivity index (χ0) is 13.6. The van der Waals surface area contributed by atoms with E-state index in [9.17, 15) is 4.79 Å². The van der Waals surface area contributed by atoms with Gasteiger partial charge < -0.3 is 20.1 Å². The Labute approximate surface area is 119 Å². The number of hydrogen-bond acceptors (Lipinski definition) is 3. The number of halogens is 1. The quantitative estimate of drug-likeness (QED) is 0.832.